The fraction of sp³-hybridized carbons (Fsp3) is 0.792. The van der Waals surface area contributed by atoms with E-state index in [4.69, 9.17) is 37.9 Å². The van der Waals surface area contributed by atoms with Crippen LogP contribution in [0.5, 0.6) is 0 Å². The van der Waals surface area contributed by atoms with Gasteiger partial charge in [0, 0.05) is 18.6 Å². The summed E-state index contributed by atoms with van der Waals surface area (Å²) in [7, 11) is 0. The highest BCUT2D eigenvalue weighted by Crippen LogP contribution is 2.02. The summed E-state index contributed by atoms with van der Waals surface area (Å²) in [5.41, 5.74) is 0. The predicted octanol–water partition coefficient (Wildman–Crippen LogP) is 0.0233. The lowest BCUT2D eigenvalue weighted by Gasteiger charge is -2.13. The molecule has 2 amide bonds. The Morgan fingerprint density at radius 2 is 0.806 bits per heavy atom. The first-order valence-electron chi connectivity index (χ1n) is 12.3. The summed E-state index contributed by atoms with van der Waals surface area (Å²) in [5, 5.41) is 0. The van der Waals surface area contributed by atoms with Gasteiger partial charge in [-0.2, -0.15) is 0 Å². The van der Waals surface area contributed by atoms with Crippen molar-refractivity contribution in [2.45, 2.75) is 13.3 Å². The van der Waals surface area contributed by atoms with Crippen molar-refractivity contribution in [1.29, 1.82) is 0 Å². The highest BCUT2D eigenvalue weighted by atomic mass is 16.6. The molecule has 0 unspecified atom stereocenters. The molecule has 0 aromatic rings. The number of ketones is 1. The summed E-state index contributed by atoms with van der Waals surface area (Å²) in [6, 6.07) is 0. The van der Waals surface area contributed by atoms with Crippen LogP contribution in [-0.2, 0) is 52.3 Å². The molecular weight excluding hydrogens is 478 g/mol. The SMILES string of the molecule is CC(=O)CCOCCOCCOCCOCCOCCOCCOCCOCCN1C(=O)C=CC1=O. The largest absolute Gasteiger partial charge is 0.379 e. The van der Waals surface area contributed by atoms with Crippen molar-refractivity contribution >= 4 is 17.6 Å². The molecule has 12 nitrogen and oxygen atoms in total. The highest BCUT2D eigenvalue weighted by molar-refractivity contribution is 6.12. The molecule has 0 spiro atoms. The summed E-state index contributed by atoms with van der Waals surface area (Å²) >= 11 is 0. The van der Waals surface area contributed by atoms with E-state index < -0.39 is 0 Å². The van der Waals surface area contributed by atoms with Crippen molar-refractivity contribution in [2.75, 3.05) is 112 Å². The fourth-order valence-electron chi connectivity index (χ4n) is 2.66. The van der Waals surface area contributed by atoms with E-state index in [-0.39, 0.29) is 30.7 Å². The molecule has 1 heterocycles. The molecule has 208 valence electrons. The van der Waals surface area contributed by atoms with Crippen molar-refractivity contribution in [1.82, 2.24) is 4.90 Å². The fourth-order valence-corrected chi connectivity index (χ4v) is 2.66. The standard InChI is InChI=1S/C24H41NO11/c1-22(26)4-6-29-8-10-31-12-14-33-16-18-35-20-21-36-19-17-34-15-13-32-11-9-30-7-5-25-23(27)2-3-24(25)28/h2-3H,4-21H2,1H3. The molecule has 36 heavy (non-hydrogen) atoms. The summed E-state index contributed by atoms with van der Waals surface area (Å²) in [6.45, 7) is 9.00. The minimum Gasteiger partial charge on any atom is -0.379 e. The topological polar surface area (TPSA) is 128 Å². The number of hydrogen-bond acceptors (Lipinski definition) is 11. The zero-order valence-electron chi connectivity index (χ0n) is 21.3. The molecule has 0 saturated carbocycles. The Kier molecular flexibility index (Phi) is 21.2. The van der Waals surface area contributed by atoms with Gasteiger partial charge in [0.2, 0.25) is 0 Å². The normalized spacial score (nSPS) is 13.3. The predicted molar refractivity (Wildman–Crippen MR) is 128 cm³/mol. The smallest absolute Gasteiger partial charge is 0.253 e. The molecule has 0 saturated heterocycles. The minimum atomic E-state index is -0.307. The number of Topliss-reactive ketones (excluding diaryl/α,β-unsaturated/α-hetero) is 1. The van der Waals surface area contributed by atoms with Gasteiger partial charge in [0.15, 0.2) is 0 Å². The zero-order chi connectivity index (χ0) is 26.1. The van der Waals surface area contributed by atoms with Gasteiger partial charge in [-0.1, -0.05) is 0 Å². The molecule has 0 N–H and O–H groups in total. The zero-order valence-corrected chi connectivity index (χ0v) is 21.3. The van der Waals surface area contributed by atoms with Crippen LogP contribution in [0.2, 0.25) is 0 Å². The maximum absolute atomic E-state index is 11.4. The van der Waals surface area contributed by atoms with Gasteiger partial charge in [0.1, 0.15) is 5.78 Å². The number of ether oxygens (including phenoxy) is 8. The average Bonchev–Trinajstić information content (AvgIpc) is 3.18. The van der Waals surface area contributed by atoms with Gasteiger partial charge >= 0.3 is 0 Å². The van der Waals surface area contributed by atoms with E-state index in [9.17, 15) is 14.4 Å². The molecule has 0 aromatic heterocycles. The average molecular weight is 520 g/mol. The summed E-state index contributed by atoms with van der Waals surface area (Å²) in [5.74, 6) is -0.493. The molecule has 0 radical (unpaired) electrons. The summed E-state index contributed by atoms with van der Waals surface area (Å²) < 4.78 is 43.0. The number of hydrogen-bond donors (Lipinski definition) is 0. The first-order chi connectivity index (χ1) is 17.6. The molecule has 0 aliphatic carbocycles. The Labute approximate surface area is 213 Å². The number of amides is 2. The monoisotopic (exact) mass is 519 g/mol. The Balaban J connectivity index is 1.66. The first-order valence-corrected chi connectivity index (χ1v) is 12.3. The van der Waals surface area contributed by atoms with E-state index in [1.54, 1.807) is 6.92 Å². The minimum absolute atomic E-state index is 0.120. The van der Waals surface area contributed by atoms with Gasteiger partial charge in [-0.3, -0.25) is 19.3 Å². The number of nitrogens with zero attached hydrogens (tertiary/aromatic N) is 1. The molecule has 1 rings (SSSR count). The third kappa shape index (κ3) is 19.4. The molecule has 0 atom stereocenters. The van der Waals surface area contributed by atoms with Crippen LogP contribution < -0.4 is 0 Å². The van der Waals surface area contributed by atoms with E-state index in [1.165, 1.54) is 12.2 Å². The van der Waals surface area contributed by atoms with Crippen LogP contribution in [0.25, 0.3) is 0 Å². The van der Waals surface area contributed by atoms with Crippen LogP contribution in [0.15, 0.2) is 12.2 Å². The Bertz CT molecular complexity index is 597. The second-order valence-electron chi connectivity index (χ2n) is 7.51. The lowest BCUT2D eigenvalue weighted by molar-refractivity contribution is -0.137. The van der Waals surface area contributed by atoms with Crippen LogP contribution in [0.3, 0.4) is 0 Å². The van der Waals surface area contributed by atoms with Crippen molar-refractivity contribution in [3.8, 4) is 0 Å². The van der Waals surface area contributed by atoms with Crippen LogP contribution in [-0.4, -0.2) is 135 Å². The van der Waals surface area contributed by atoms with Gasteiger partial charge in [0.25, 0.3) is 11.8 Å². The van der Waals surface area contributed by atoms with Gasteiger partial charge < -0.3 is 37.9 Å². The van der Waals surface area contributed by atoms with E-state index in [1.807, 2.05) is 0 Å². The van der Waals surface area contributed by atoms with Crippen molar-refractivity contribution in [2.24, 2.45) is 0 Å². The quantitative estimate of drug-likeness (QED) is 0.108. The van der Waals surface area contributed by atoms with Gasteiger partial charge in [-0.25, -0.2) is 0 Å². The molecular formula is C24H41NO11. The van der Waals surface area contributed by atoms with E-state index >= 15 is 0 Å². The second-order valence-corrected chi connectivity index (χ2v) is 7.51. The Morgan fingerprint density at radius 1 is 0.528 bits per heavy atom. The number of imide groups is 1. The molecule has 0 fully saturated rings. The lowest BCUT2D eigenvalue weighted by atomic mass is 10.3. The van der Waals surface area contributed by atoms with Crippen molar-refractivity contribution in [3.63, 3.8) is 0 Å². The maximum atomic E-state index is 11.4. The van der Waals surface area contributed by atoms with Crippen LogP contribution in [0.1, 0.15) is 13.3 Å². The van der Waals surface area contributed by atoms with Crippen molar-refractivity contribution < 1.29 is 52.3 Å². The third-order valence-electron chi connectivity index (χ3n) is 4.56. The van der Waals surface area contributed by atoms with Crippen molar-refractivity contribution in [3.05, 3.63) is 12.2 Å². The van der Waals surface area contributed by atoms with Crippen LogP contribution in [0.4, 0.5) is 0 Å². The molecule has 1 aliphatic heterocycles. The summed E-state index contributed by atoms with van der Waals surface area (Å²) in [6.07, 6.45) is 2.94. The number of carbonyl (C=O) groups excluding carboxylic acids is 3. The van der Waals surface area contributed by atoms with Crippen LogP contribution >= 0.6 is 0 Å². The second kappa shape index (κ2) is 23.6. The number of rotatable bonds is 27. The Hall–Kier alpha value is -1.77. The number of carbonyl (C=O) groups is 3. The van der Waals surface area contributed by atoms with Gasteiger partial charge in [-0.15, -0.1) is 0 Å². The molecule has 1 aliphatic rings. The summed E-state index contributed by atoms with van der Waals surface area (Å²) in [4.78, 5) is 34.6. The third-order valence-corrected chi connectivity index (χ3v) is 4.56. The van der Waals surface area contributed by atoms with E-state index in [0.717, 1.165) is 4.90 Å². The molecule has 0 bridgehead atoms. The first kappa shape index (κ1) is 32.3. The molecule has 12 heteroatoms. The highest BCUT2D eigenvalue weighted by Gasteiger charge is 2.22. The van der Waals surface area contributed by atoms with Gasteiger partial charge in [0.05, 0.1) is 112 Å². The van der Waals surface area contributed by atoms with Crippen LogP contribution in [0, 0.1) is 0 Å². The Morgan fingerprint density at radius 3 is 1.11 bits per heavy atom. The van der Waals surface area contributed by atoms with E-state index in [2.05, 4.69) is 0 Å². The molecule has 0 aromatic carbocycles. The maximum Gasteiger partial charge on any atom is 0.253 e. The lowest BCUT2D eigenvalue weighted by Crippen LogP contribution is -2.33. The van der Waals surface area contributed by atoms with E-state index in [0.29, 0.717) is 106 Å². The van der Waals surface area contributed by atoms with Gasteiger partial charge in [-0.05, 0) is 6.92 Å².